The molecule has 1 amide bonds. The van der Waals surface area contributed by atoms with Gasteiger partial charge in [0.2, 0.25) is 12.7 Å². The fourth-order valence-corrected chi connectivity index (χ4v) is 2.03. The number of amides is 1. The first-order valence-corrected chi connectivity index (χ1v) is 6.59. The Morgan fingerprint density at radius 2 is 1.96 bits per heavy atom. The first-order valence-electron chi connectivity index (χ1n) is 6.59. The van der Waals surface area contributed by atoms with E-state index in [9.17, 15) is 9.90 Å². The number of nitrogens with two attached hydrogens (primary N) is 1. The van der Waals surface area contributed by atoms with Crippen molar-refractivity contribution in [3.8, 4) is 17.2 Å². The standard InChI is InChI=1S/C16H14N2O4.ClH/c17-11-2-4-13(19)10(7-11)1-6-16(20)18-12-3-5-14-15(8-12)22-9-21-14;/h1-8,19H,9,17H2,(H,18,20);1H. The number of nitrogens with one attached hydrogen (secondary N) is 1. The van der Waals surface area contributed by atoms with Gasteiger partial charge in [0, 0.05) is 29.1 Å². The van der Waals surface area contributed by atoms with Gasteiger partial charge in [-0.15, -0.1) is 12.4 Å². The monoisotopic (exact) mass is 334 g/mol. The average molecular weight is 335 g/mol. The number of hydrogen-bond acceptors (Lipinski definition) is 5. The molecule has 2 aromatic carbocycles. The van der Waals surface area contributed by atoms with Gasteiger partial charge in [0.1, 0.15) is 5.75 Å². The van der Waals surface area contributed by atoms with Gasteiger partial charge >= 0.3 is 0 Å². The third kappa shape index (κ3) is 3.87. The molecule has 0 saturated carbocycles. The van der Waals surface area contributed by atoms with Crippen LogP contribution in [0.15, 0.2) is 42.5 Å². The number of nitrogen functional groups attached to an aromatic ring is 1. The first kappa shape index (κ1) is 16.5. The number of aromatic hydroxyl groups is 1. The lowest BCUT2D eigenvalue weighted by Crippen LogP contribution is -2.07. The maximum absolute atomic E-state index is 11.9. The summed E-state index contributed by atoms with van der Waals surface area (Å²) in [5.41, 5.74) is 7.21. The molecule has 23 heavy (non-hydrogen) atoms. The molecule has 0 unspecified atom stereocenters. The minimum Gasteiger partial charge on any atom is -0.507 e. The predicted molar refractivity (Wildman–Crippen MR) is 90.0 cm³/mol. The summed E-state index contributed by atoms with van der Waals surface area (Å²) in [7, 11) is 0. The van der Waals surface area contributed by atoms with Crippen LogP contribution in [0.4, 0.5) is 11.4 Å². The molecule has 0 aliphatic carbocycles. The molecule has 4 N–H and O–H groups in total. The minimum absolute atomic E-state index is 0. The Balaban J connectivity index is 0.00000192. The number of rotatable bonds is 3. The number of ether oxygens (including phenoxy) is 2. The van der Waals surface area contributed by atoms with E-state index in [1.165, 1.54) is 18.2 Å². The average Bonchev–Trinajstić information content (AvgIpc) is 2.96. The second-order valence-corrected chi connectivity index (χ2v) is 4.71. The van der Waals surface area contributed by atoms with E-state index in [4.69, 9.17) is 15.2 Å². The molecule has 1 aliphatic rings. The van der Waals surface area contributed by atoms with E-state index in [-0.39, 0.29) is 30.9 Å². The summed E-state index contributed by atoms with van der Waals surface area (Å²) in [5.74, 6) is 0.968. The van der Waals surface area contributed by atoms with Gasteiger partial charge in [-0.1, -0.05) is 0 Å². The van der Waals surface area contributed by atoms with Gasteiger partial charge < -0.3 is 25.6 Å². The summed E-state index contributed by atoms with van der Waals surface area (Å²) >= 11 is 0. The minimum atomic E-state index is -0.333. The molecule has 2 aromatic rings. The van der Waals surface area contributed by atoms with Crippen molar-refractivity contribution in [1.29, 1.82) is 0 Å². The molecule has 1 heterocycles. The van der Waals surface area contributed by atoms with Crippen LogP contribution in [0.5, 0.6) is 17.2 Å². The Labute approximate surface area is 138 Å². The Morgan fingerprint density at radius 1 is 1.17 bits per heavy atom. The summed E-state index contributed by atoms with van der Waals surface area (Å²) in [4.78, 5) is 11.9. The lowest BCUT2D eigenvalue weighted by atomic mass is 10.1. The van der Waals surface area contributed by atoms with E-state index in [0.29, 0.717) is 28.4 Å². The highest BCUT2D eigenvalue weighted by atomic mass is 35.5. The maximum Gasteiger partial charge on any atom is 0.248 e. The van der Waals surface area contributed by atoms with Gasteiger partial charge in [-0.25, -0.2) is 0 Å². The van der Waals surface area contributed by atoms with E-state index in [1.54, 1.807) is 30.3 Å². The maximum atomic E-state index is 11.9. The van der Waals surface area contributed by atoms with E-state index >= 15 is 0 Å². The normalized spacial score (nSPS) is 12.0. The van der Waals surface area contributed by atoms with Crippen LogP contribution in [0, 0.1) is 0 Å². The zero-order valence-electron chi connectivity index (χ0n) is 12.0. The van der Waals surface area contributed by atoms with Gasteiger partial charge in [0.25, 0.3) is 0 Å². The summed E-state index contributed by atoms with van der Waals surface area (Å²) in [6.07, 6.45) is 2.81. The lowest BCUT2D eigenvalue weighted by molar-refractivity contribution is -0.111. The topological polar surface area (TPSA) is 93.8 Å². The highest BCUT2D eigenvalue weighted by Crippen LogP contribution is 2.34. The molecule has 6 nitrogen and oxygen atoms in total. The molecule has 7 heteroatoms. The van der Waals surface area contributed by atoms with Crippen LogP contribution in [-0.2, 0) is 4.79 Å². The lowest BCUT2D eigenvalue weighted by Gasteiger charge is -2.04. The summed E-state index contributed by atoms with van der Waals surface area (Å²) in [5, 5.41) is 12.4. The number of fused-ring (bicyclic) bond motifs is 1. The molecule has 0 aromatic heterocycles. The van der Waals surface area contributed by atoms with Crippen molar-refractivity contribution < 1.29 is 19.4 Å². The van der Waals surface area contributed by atoms with Crippen LogP contribution in [0.3, 0.4) is 0 Å². The van der Waals surface area contributed by atoms with Crippen LogP contribution in [-0.4, -0.2) is 17.8 Å². The zero-order chi connectivity index (χ0) is 15.5. The second kappa shape index (κ2) is 6.93. The van der Waals surface area contributed by atoms with Crippen molar-refractivity contribution in [2.24, 2.45) is 0 Å². The third-order valence-electron chi connectivity index (χ3n) is 3.11. The smallest absolute Gasteiger partial charge is 0.248 e. The molecule has 0 spiro atoms. The zero-order valence-corrected chi connectivity index (χ0v) is 12.8. The van der Waals surface area contributed by atoms with Gasteiger partial charge in [0.15, 0.2) is 11.5 Å². The third-order valence-corrected chi connectivity index (χ3v) is 3.11. The summed E-state index contributed by atoms with van der Waals surface area (Å²) in [6.45, 7) is 0.182. The molecule has 1 aliphatic heterocycles. The van der Waals surface area contributed by atoms with E-state index in [0.717, 1.165) is 0 Å². The Bertz CT molecular complexity index is 762. The molecular weight excluding hydrogens is 320 g/mol. The van der Waals surface area contributed by atoms with Crippen LogP contribution in [0.1, 0.15) is 5.56 Å². The van der Waals surface area contributed by atoms with Gasteiger partial charge in [-0.05, 0) is 36.4 Å². The summed E-state index contributed by atoms with van der Waals surface area (Å²) < 4.78 is 10.4. The molecule has 120 valence electrons. The highest BCUT2D eigenvalue weighted by molar-refractivity contribution is 6.02. The number of benzene rings is 2. The highest BCUT2D eigenvalue weighted by Gasteiger charge is 2.13. The SMILES string of the molecule is Cl.Nc1ccc(O)c(C=CC(=O)Nc2ccc3c(c2)OCO3)c1. The molecule has 0 bridgehead atoms. The second-order valence-electron chi connectivity index (χ2n) is 4.71. The van der Waals surface area contributed by atoms with Crippen molar-refractivity contribution in [2.75, 3.05) is 17.8 Å². The van der Waals surface area contributed by atoms with Crippen LogP contribution in [0.25, 0.3) is 6.08 Å². The molecule has 0 fully saturated rings. The largest absolute Gasteiger partial charge is 0.507 e. The first-order chi connectivity index (χ1) is 10.6. The van der Waals surface area contributed by atoms with Crippen molar-refractivity contribution in [1.82, 2.24) is 0 Å². The Hall–Kier alpha value is -2.86. The quantitative estimate of drug-likeness (QED) is 0.456. The number of phenolic OH excluding ortho intramolecular Hbond substituents is 1. The predicted octanol–water partition coefficient (Wildman–Crippen LogP) is 2.78. The Kier molecular flexibility index (Phi) is 4.98. The molecule has 0 saturated heterocycles. The number of anilines is 2. The van der Waals surface area contributed by atoms with Gasteiger partial charge in [-0.3, -0.25) is 4.79 Å². The van der Waals surface area contributed by atoms with E-state index in [1.807, 2.05) is 0 Å². The van der Waals surface area contributed by atoms with E-state index < -0.39 is 0 Å². The number of hydrogen-bond donors (Lipinski definition) is 3. The molecule has 3 rings (SSSR count). The van der Waals surface area contributed by atoms with Crippen molar-refractivity contribution in [3.63, 3.8) is 0 Å². The number of phenols is 1. The van der Waals surface area contributed by atoms with Gasteiger partial charge in [0.05, 0.1) is 0 Å². The van der Waals surface area contributed by atoms with Gasteiger partial charge in [-0.2, -0.15) is 0 Å². The van der Waals surface area contributed by atoms with Crippen LogP contribution < -0.4 is 20.5 Å². The van der Waals surface area contributed by atoms with Crippen molar-refractivity contribution in [2.45, 2.75) is 0 Å². The number of halogens is 1. The van der Waals surface area contributed by atoms with Crippen molar-refractivity contribution in [3.05, 3.63) is 48.0 Å². The fraction of sp³-hybridized carbons (Fsp3) is 0.0625. The van der Waals surface area contributed by atoms with Crippen LogP contribution in [0.2, 0.25) is 0 Å². The van der Waals surface area contributed by atoms with Crippen molar-refractivity contribution >= 4 is 35.8 Å². The van der Waals surface area contributed by atoms with Crippen LogP contribution >= 0.6 is 12.4 Å². The molecule has 0 atom stereocenters. The number of carbonyl (C=O) groups excluding carboxylic acids is 1. The number of carbonyl (C=O) groups is 1. The molecule has 0 radical (unpaired) electrons. The van der Waals surface area contributed by atoms with E-state index in [2.05, 4.69) is 5.32 Å². The molecular formula is C16H15ClN2O4. The Morgan fingerprint density at radius 3 is 2.78 bits per heavy atom. The fourth-order valence-electron chi connectivity index (χ4n) is 2.03. The summed E-state index contributed by atoms with van der Waals surface area (Å²) in [6, 6.07) is 9.78.